The first-order valence-corrected chi connectivity index (χ1v) is 9.34. The quantitative estimate of drug-likeness (QED) is 0.566. The van der Waals surface area contributed by atoms with Gasteiger partial charge in [0, 0.05) is 6.04 Å². The molecular weight excluding hydrogens is 354 g/mol. The van der Waals surface area contributed by atoms with E-state index >= 15 is 0 Å². The van der Waals surface area contributed by atoms with Gasteiger partial charge in [0.05, 0.1) is 18.2 Å². The van der Waals surface area contributed by atoms with Gasteiger partial charge in [0.1, 0.15) is 5.60 Å². The summed E-state index contributed by atoms with van der Waals surface area (Å²) >= 11 is 0. The van der Waals surface area contributed by atoms with Crippen LogP contribution in [0, 0.1) is 0 Å². The highest BCUT2D eigenvalue weighted by Gasteiger charge is 2.36. The van der Waals surface area contributed by atoms with Crippen molar-refractivity contribution in [2.75, 3.05) is 0 Å². The van der Waals surface area contributed by atoms with Crippen LogP contribution in [0.15, 0.2) is 0 Å². The molecule has 0 spiro atoms. The van der Waals surface area contributed by atoms with E-state index in [9.17, 15) is 14.4 Å². The number of nitrogens with zero attached hydrogens (tertiary/aromatic N) is 1. The predicted molar refractivity (Wildman–Crippen MR) is 99.0 cm³/mol. The fourth-order valence-corrected chi connectivity index (χ4v) is 2.68. The minimum Gasteiger partial charge on any atom is -0.446 e. The fourth-order valence-electron chi connectivity index (χ4n) is 2.68. The molecule has 2 unspecified atom stereocenters. The third-order valence-corrected chi connectivity index (χ3v) is 3.58. The molecule has 0 aromatic heterocycles. The van der Waals surface area contributed by atoms with E-state index in [0.29, 0.717) is 19.3 Å². The maximum Gasteiger partial charge on any atom is 0.429 e. The first-order chi connectivity index (χ1) is 12.4. The van der Waals surface area contributed by atoms with Gasteiger partial charge in [-0.05, 0) is 67.7 Å². The molecule has 0 heterocycles. The van der Waals surface area contributed by atoms with Crippen LogP contribution in [0.1, 0.15) is 67.7 Å². The Morgan fingerprint density at radius 2 is 1.56 bits per heavy atom. The van der Waals surface area contributed by atoms with Gasteiger partial charge in [0.2, 0.25) is 0 Å². The molecule has 2 atom stereocenters. The first kappa shape index (κ1) is 22.9. The Labute approximate surface area is 161 Å². The number of hydrogen-bond donors (Lipinski definition) is 2. The third-order valence-electron chi connectivity index (χ3n) is 3.58. The van der Waals surface area contributed by atoms with Crippen molar-refractivity contribution in [3.8, 4) is 0 Å². The Hall–Kier alpha value is -2.19. The van der Waals surface area contributed by atoms with E-state index in [1.807, 2.05) is 0 Å². The maximum absolute atomic E-state index is 12.4. The molecule has 1 aliphatic carbocycles. The molecule has 3 amide bonds. The summed E-state index contributed by atoms with van der Waals surface area (Å²) in [6.07, 6.45) is -0.835. The molecule has 9 nitrogen and oxygen atoms in total. The van der Waals surface area contributed by atoms with Crippen LogP contribution in [0.3, 0.4) is 0 Å². The second-order valence-electron chi connectivity index (χ2n) is 8.18. The van der Waals surface area contributed by atoms with Gasteiger partial charge in [-0.25, -0.2) is 24.8 Å². The predicted octanol–water partition coefficient (Wildman–Crippen LogP) is 3.33. The largest absolute Gasteiger partial charge is 0.446 e. The second kappa shape index (κ2) is 9.66. The summed E-state index contributed by atoms with van der Waals surface area (Å²) in [6.45, 7) is 12.3. The van der Waals surface area contributed by atoms with Crippen molar-refractivity contribution in [3.05, 3.63) is 0 Å². The lowest BCUT2D eigenvalue weighted by Crippen LogP contribution is -2.52. The Morgan fingerprint density at radius 3 is 2.07 bits per heavy atom. The molecule has 1 rings (SSSR count). The van der Waals surface area contributed by atoms with Crippen LogP contribution in [0.2, 0.25) is 0 Å². The van der Waals surface area contributed by atoms with Crippen LogP contribution in [-0.2, 0) is 14.2 Å². The molecule has 0 aliphatic heterocycles. The Morgan fingerprint density at radius 1 is 0.963 bits per heavy atom. The average Bonchev–Trinajstić information content (AvgIpc) is 2.88. The lowest BCUT2D eigenvalue weighted by atomic mass is 10.2. The third kappa shape index (κ3) is 8.83. The molecular formula is C18H33N3O6. The zero-order valence-electron chi connectivity index (χ0n) is 17.3. The van der Waals surface area contributed by atoms with Gasteiger partial charge in [-0.3, -0.25) is 0 Å². The van der Waals surface area contributed by atoms with Crippen molar-refractivity contribution in [3.63, 3.8) is 0 Å². The van der Waals surface area contributed by atoms with Crippen LogP contribution < -0.4 is 10.7 Å². The molecule has 1 aliphatic rings. The average molecular weight is 387 g/mol. The zero-order valence-corrected chi connectivity index (χ0v) is 17.3. The van der Waals surface area contributed by atoms with Crippen LogP contribution in [0.4, 0.5) is 14.4 Å². The molecule has 27 heavy (non-hydrogen) atoms. The number of hydrogen-bond acceptors (Lipinski definition) is 6. The number of alkyl carbamates (subject to hydrolysis) is 1. The molecule has 0 bridgehead atoms. The van der Waals surface area contributed by atoms with Crippen molar-refractivity contribution in [2.45, 2.75) is 97.6 Å². The number of carbonyl (C=O) groups excluding carboxylic acids is 3. The summed E-state index contributed by atoms with van der Waals surface area (Å²) in [5, 5.41) is 3.96. The van der Waals surface area contributed by atoms with Crippen LogP contribution in [0.5, 0.6) is 0 Å². The Balaban J connectivity index is 2.71. The first-order valence-electron chi connectivity index (χ1n) is 9.34. The molecule has 9 heteroatoms. The number of ether oxygens (including phenoxy) is 3. The van der Waals surface area contributed by atoms with E-state index in [0.717, 1.165) is 5.01 Å². The van der Waals surface area contributed by atoms with Gasteiger partial charge in [-0.15, -0.1) is 0 Å². The van der Waals surface area contributed by atoms with E-state index < -0.39 is 23.9 Å². The van der Waals surface area contributed by atoms with Gasteiger partial charge in [-0.2, -0.15) is 0 Å². The fraction of sp³-hybridized carbons (Fsp3) is 0.833. The van der Waals surface area contributed by atoms with E-state index in [1.165, 1.54) is 0 Å². The van der Waals surface area contributed by atoms with E-state index in [1.54, 1.807) is 48.5 Å². The highest BCUT2D eigenvalue weighted by atomic mass is 16.6. The van der Waals surface area contributed by atoms with Gasteiger partial charge in [0.15, 0.2) is 0 Å². The lowest BCUT2D eigenvalue weighted by Gasteiger charge is -2.29. The molecule has 0 aromatic carbocycles. The SMILES string of the molecule is CC(C)OC(=O)NN(C(=O)OC(C)C)C1CCC(NC(=O)OC(C)(C)C)C1. The minimum atomic E-state index is -0.728. The smallest absolute Gasteiger partial charge is 0.429 e. The highest BCUT2D eigenvalue weighted by molar-refractivity contribution is 5.74. The number of hydrazine groups is 1. The van der Waals surface area contributed by atoms with Crippen LogP contribution in [0.25, 0.3) is 0 Å². The molecule has 0 aromatic rings. The molecule has 156 valence electrons. The van der Waals surface area contributed by atoms with E-state index in [4.69, 9.17) is 14.2 Å². The summed E-state index contributed by atoms with van der Waals surface area (Å²) in [5.74, 6) is 0. The summed E-state index contributed by atoms with van der Waals surface area (Å²) < 4.78 is 15.5. The van der Waals surface area contributed by atoms with Crippen molar-refractivity contribution in [1.82, 2.24) is 15.8 Å². The van der Waals surface area contributed by atoms with E-state index in [2.05, 4.69) is 10.7 Å². The monoisotopic (exact) mass is 387 g/mol. The number of rotatable bonds is 4. The van der Waals surface area contributed by atoms with Gasteiger partial charge in [-0.1, -0.05) is 0 Å². The topological polar surface area (TPSA) is 106 Å². The second-order valence-corrected chi connectivity index (χ2v) is 8.18. The zero-order chi connectivity index (χ0) is 20.8. The number of nitrogens with one attached hydrogen (secondary N) is 2. The van der Waals surface area contributed by atoms with Crippen molar-refractivity contribution >= 4 is 18.3 Å². The minimum absolute atomic E-state index is 0.165. The summed E-state index contributed by atoms with van der Waals surface area (Å²) in [4.78, 5) is 36.3. The van der Waals surface area contributed by atoms with Crippen molar-refractivity contribution in [2.24, 2.45) is 0 Å². The Bertz CT molecular complexity index is 530. The highest BCUT2D eigenvalue weighted by Crippen LogP contribution is 2.24. The summed E-state index contributed by atoms with van der Waals surface area (Å²) in [5.41, 5.74) is 1.88. The molecule has 0 saturated heterocycles. The van der Waals surface area contributed by atoms with Crippen LogP contribution >= 0.6 is 0 Å². The summed E-state index contributed by atoms with van der Waals surface area (Å²) in [7, 11) is 0. The van der Waals surface area contributed by atoms with Gasteiger partial charge < -0.3 is 19.5 Å². The Kier molecular flexibility index (Phi) is 8.18. The van der Waals surface area contributed by atoms with Crippen molar-refractivity contribution in [1.29, 1.82) is 0 Å². The standard InChI is InChI=1S/C18H33N3O6/c1-11(2)25-16(23)20-21(17(24)26-12(3)4)14-9-8-13(10-14)19-15(22)27-18(5,6)7/h11-14H,8-10H2,1-7H3,(H,19,22)(H,20,23). The lowest BCUT2D eigenvalue weighted by molar-refractivity contribution is 0.0314. The number of carbonyl (C=O) groups is 3. The molecule has 1 fully saturated rings. The van der Waals surface area contributed by atoms with Gasteiger partial charge in [0.25, 0.3) is 0 Å². The molecule has 0 radical (unpaired) electrons. The molecule has 2 N–H and O–H groups in total. The van der Waals surface area contributed by atoms with Gasteiger partial charge >= 0.3 is 18.3 Å². The molecule has 1 saturated carbocycles. The van der Waals surface area contributed by atoms with E-state index in [-0.39, 0.29) is 24.3 Å². The normalized spacial score (nSPS) is 19.6. The number of amides is 3. The summed E-state index contributed by atoms with van der Waals surface area (Å²) in [6, 6.07) is -0.488. The van der Waals surface area contributed by atoms with Crippen LogP contribution in [-0.4, -0.2) is 53.2 Å². The maximum atomic E-state index is 12.4. The van der Waals surface area contributed by atoms with Crippen molar-refractivity contribution < 1.29 is 28.6 Å².